The summed E-state index contributed by atoms with van der Waals surface area (Å²) < 4.78 is 13.1. The SMILES string of the molecule is CC1(C)CCC(C)(C)c2cc(C3(c4ccc(C=C5SC(=S)NC5=O)cc4)OCCO3)ccc21. The minimum atomic E-state index is -0.917. The van der Waals surface area contributed by atoms with Crippen molar-refractivity contribution in [3.05, 3.63) is 75.2 Å². The molecule has 2 aliphatic heterocycles. The van der Waals surface area contributed by atoms with Gasteiger partial charge in [0.15, 0.2) is 0 Å². The minimum absolute atomic E-state index is 0.108. The van der Waals surface area contributed by atoms with Gasteiger partial charge in [0, 0.05) is 11.1 Å². The van der Waals surface area contributed by atoms with Crippen LogP contribution < -0.4 is 5.32 Å². The molecule has 0 bridgehead atoms. The van der Waals surface area contributed by atoms with Crippen LogP contribution in [0.2, 0.25) is 0 Å². The molecule has 2 aromatic carbocycles. The van der Waals surface area contributed by atoms with E-state index < -0.39 is 5.79 Å². The van der Waals surface area contributed by atoms with Crippen LogP contribution in [-0.2, 0) is 30.9 Å². The van der Waals surface area contributed by atoms with Gasteiger partial charge >= 0.3 is 0 Å². The Morgan fingerprint density at radius 1 is 0.909 bits per heavy atom. The summed E-state index contributed by atoms with van der Waals surface area (Å²) in [5.74, 6) is -1.06. The van der Waals surface area contributed by atoms with Crippen LogP contribution in [0.15, 0.2) is 47.4 Å². The molecule has 1 aliphatic carbocycles. The van der Waals surface area contributed by atoms with Gasteiger partial charge in [-0.05, 0) is 52.5 Å². The molecule has 2 heterocycles. The van der Waals surface area contributed by atoms with Crippen molar-refractivity contribution in [2.24, 2.45) is 0 Å². The maximum absolute atomic E-state index is 12.0. The normalized spacial score (nSPS) is 24.1. The summed E-state index contributed by atoms with van der Waals surface area (Å²) in [6.45, 7) is 10.4. The number of carbonyl (C=O) groups excluding carboxylic acids is 1. The number of carbonyl (C=O) groups is 1. The molecule has 6 heteroatoms. The third kappa shape index (κ3) is 3.97. The first-order chi connectivity index (χ1) is 15.6. The number of fused-ring (bicyclic) bond motifs is 1. The maximum Gasteiger partial charge on any atom is 0.263 e. The molecule has 5 rings (SSSR count). The van der Waals surface area contributed by atoms with E-state index in [1.54, 1.807) is 0 Å². The van der Waals surface area contributed by atoms with Gasteiger partial charge in [0.2, 0.25) is 5.79 Å². The number of thiocarbonyl (C=S) groups is 1. The van der Waals surface area contributed by atoms with Crippen molar-refractivity contribution >= 4 is 40.3 Å². The van der Waals surface area contributed by atoms with Gasteiger partial charge in [-0.15, -0.1) is 0 Å². The van der Waals surface area contributed by atoms with Crippen molar-refractivity contribution in [2.45, 2.75) is 57.2 Å². The minimum Gasteiger partial charge on any atom is -0.340 e. The number of thioether (sulfide) groups is 1. The lowest BCUT2D eigenvalue weighted by molar-refractivity contribution is -0.130. The van der Waals surface area contributed by atoms with Gasteiger partial charge in [-0.3, -0.25) is 4.79 Å². The molecule has 4 nitrogen and oxygen atoms in total. The summed E-state index contributed by atoms with van der Waals surface area (Å²) >= 11 is 6.37. The zero-order chi connectivity index (χ0) is 23.4. The van der Waals surface area contributed by atoms with Crippen molar-refractivity contribution in [3.8, 4) is 0 Å². The Morgan fingerprint density at radius 2 is 1.52 bits per heavy atom. The Morgan fingerprint density at radius 3 is 2.12 bits per heavy atom. The molecular weight excluding hydrogens is 450 g/mol. The lowest BCUT2D eigenvalue weighted by atomic mass is 9.62. The molecule has 2 saturated heterocycles. The average Bonchev–Trinajstić information content (AvgIpc) is 3.39. The van der Waals surface area contributed by atoms with Gasteiger partial charge in [0.1, 0.15) is 4.32 Å². The molecule has 2 aromatic rings. The van der Waals surface area contributed by atoms with Crippen molar-refractivity contribution < 1.29 is 14.3 Å². The van der Waals surface area contributed by atoms with E-state index >= 15 is 0 Å². The summed E-state index contributed by atoms with van der Waals surface area (Å²) in [6, 6.07) is 14.8. The van der Waals surface area contributed by atoms with Gasteiger partial charge in [-0.2, -0.15) is 0 Å². The molecule has 33 heavy (non-hydrogen) atoms. The molecule has 0 aromatic heterocycles. The van der Waals surface area contributed by atoms with Crippen LogP contribution in [-0.4, -0.2) is 23.4 Å². The second kappa shape index (κ2) is 8.05. The molecular formula is C27H29NO3S2. The quantitative estimate of drug-likeness (QED) is 0.447. The summed E-state index contributed by atoms with van der Waals surface area (Å²) in [4.78, 5) is 12.6. The van der Waals surface area contributed by atoms with E-state index in [-0.39, 0.29) is 16.7 Å². The molecule has 0 atom stereocenters. The van der Waals surface area contributed by atoms with E-state index in [0.717, 1.165) is 23.1 Å². The molecule has 1 amide bonds. The van der Waals surface area contributed by atoms with E-state index in [1.807, 2.05) is 30.3 Å². The van der Waals surface area contributed by atoms with Crippen molar-refractivity contribution in [1.29, 1.82) is 0 Å². The predicted octanol–water partition coefficient (Wildman–Crippen LogP) is 5.77. The average molecular weight is 480 g/mol. The van der Waals surface area contributed by atoms with Gasteiger partial charge in [0.05, 0.1) is 18.1 Å². The van der Waals surface area contributed by atoms with Gasteiger partial charge in [-0.1, -0.05) is 88.1 Å². The Balaban J connectivity index is 1.53. The Kier molecular flexibility index (Phi) is 5.56. The highest BCUT2D eigenvalue weighted by Crippen LogP contribution is 2.48. The summed E-state index contributed by atoms with van der Waals surface area (Å²) in [5.41, 5.74) is 6.00. The Hall–Kier alpha value is -1.99. The fraction of sp³-hybridized carbons (Fsp3) is 0.407. The zero-order valence-electron chi connectivity index (χ0n) is 19.5. The standard InChI is InChI=1S/C27H29NO3S2/c1-25(2)11-12-26(3,4)21-16-19(9-10-20(21)25)27(30-13-14-31-27)18-7-5-17(6-8-18)15-22-23(29)28-24(32)33-22/h5-10,15-16H,11-14H2,1-4H3,(H,28,29,32). The van der Waals surface area contributed by atoms with E-state index in [1.165, 1.54) is 29.3 Å². The molecule has 0 unspecified atom stereocenters. The lowest BCUT2D eigenvalue weighted by Gasteiger charge is -2.42. The number of rotatable bonds is 3. The van der Waals surface area contributed by atoms with Gasteiger partial charge < -0.3 is 14.8 Å². The van der Waals surface area contributed by atoms with Gasteiger partial charge in [0.25, 0.3) is 5.91 Å². The van der Waals surface area contributed by atoms with Crippen LogP contribution in [0.25, 0.3) is 6.08 Å². The third-order valence-corrected chi connectivity index (χ3v) is 8.32. The first-order valence-electron chi connectivity index (χ1n) is 11.4. The maximum atomic E-state index is 12.0. The molecule has 0 saturated carbocycles. The number of hydrogen-bond donors (Lipinski definition) is 1. The largest absolute Gasteiger partial charge is 0.340 e. The van der Waals surface area contributed by atoms with E-state index in [9.17, 15) is 4.79 Å². The molecule has 1 N–H and O–H groups in total. The van der Waals surface area contributed by atoms with Crippen LogP contribution >= 0.6 is 24.0 Å². The predicted molar refractivity (Wildman–Crippen MR) is 137 cm³/mol. The highest BCUT2D eigenvalue weighted by Gasteiger charge is 2.43. The summed E-state index contributed by atoms with van der Waals surface area (Å²) in [5, 5.41) is 2.66. The fourth-order valence-corrected chi connectivity index (χ4v) is 6.12. The second-order valence-electron chi connectivity index (χ2n) is 10.3. The molecule has 0 spiro atoms. The van der Waals surface area contributed by atoms with Crippen LogP contribution in [0.1, 0.15) is 68.4 Å². The highest BCUT2D eigenvalue weighted by molar-refractivity contribution is 8.26. The number of benzene rings is 2. The van der Waals surface area contributed by atoms with Crippen LogP contribution in [0.3, 0.4) is 0 Å². The molecule has 3 aliphatic rings. The number of ether oxygens (including phenoxy) is 2. The zero-order valence-corrected chi connectivity index (χ0v) is 21.1. The molecule has 0 radical (unpaired) electrons. The van der Waals surface area contributed by atoms with Crippen molar-refractivity contribution in [2.75, 3.05) is 13.2 Å². The van der Waals surface area contributed by atoms with E-state index in [4.69, 9.17) is 21.7 Å². The van der Waals surface area contributed by atoms with Crippen LogP contribution in [0.4, 0.5) is 0 Å². The number of nitrogens with one attached hydrogen (secondary N) is 1. The van der Waals surface area contributed by atoms with Crippen molar-refractivity contribution in [3.63, 3.8) is 0 Å². The van der Waals surface area contributed by atoms with E-state index in [0.29, 0.717) is 22.4 Å². The smallest absolute Gasteiger partial charge is 0.263 e. The highest BCUT2D eigenvalue weighted by atomic mass is 32.2. The number of amides is 1. The Bertz CT molecular complexity index is 1160. The van der Waals surface area contributed by atoms with Crippen LogP contribution in [0, 0.1) is 0 Å². The summed E-state index contributed by atoms with van der Waals surface area (Å²) in [6.07, 6.45) is 4.20. The van der Waals surface area contributed by atoms with Crippen LogP contribution in [0.5, 0.6) is 0 Å². The monoisotopic (exact) mass is 479 g/mol. The Labute approximate surface area is 205 Å². The fourth-order valence-electron chi connectivity index (χ4n) is 5.08. The third-order valence-electron chi connectivity index (χ3n) is 7.16. The molecule has 172 valence electrons. The first-order valence-corrected chi connectivity index (χ1v) is 12.6. The topological polar surface area (TPSA) is 47.6 Å². The summed E-state index contributed by atoms with van der Waals surface area (Å²) in [7, 11) is 0. The lowest BCUT2D eigenvalue weighted by Crippen LogP contribution is -2.35. The van der Waals surface area contributed by atoms with Crippen molar-refractivity contribution in [1.82, 2.24) is 5.32 Å². The molecule has 2 fully saturated rings. The first kappa shape index (κ1) is 22.8. The van der Waals surface area contributed by atoms with Gasteiger partial charge in [-0.25, -0.2) is 0 Å². The van der Waals surface area contributed by atoms with E-state index in [2.05, 4.69) is 51.2 Å². The second-order valence-corrected chi connectivity index (χ2v) is 12.0. The number of hydrogen-bond acceptors (Lipinski definition) is 5.